The number of nitrogens with one attached hydrogen (secondary N) is 1. The maximum Gasteiger partial charge on any atom is 0.204 e. The Hall–Kier alpha value is -1.55. The molecule has 72 valence electrons. The molecule has 0 bridgehead atoms. The number of nitrogens with two attached hydrogens (primary N) is 1. The summed E-state index contributed by atoms with van der Waals surface area (Å²) in [5, 5.41) is 0. The van der Waals surface area contributed by atoms with E-state index in [0.29, 0.717) is 16.1 Å². The minimum atomic E-state index is 0.0241. The van der Waals surface area contributed by atoms with Crippen LogP contribution in [0.1, 0.15) is 20.1 Å². The van der Waals surface area contributed by atoms with Gasteiger partial charge in [-0.1, -0.05) is 0 Å². The van der Waals surface area contributed by atoms with Crippen LogP contribution < -0.4 is 5.73 Å². The first-order valence-electron chi connectivity index (χ1n) is 4.22. The van der Waals surface area contributed by atoms with Gasteiger partial charge in [-0.25, -0.2) is 0 Å². The molecule has 0 fully saturated rings. The van der Waals surface area contributed by atoms with Crippen molar-refractivity contribution in [1.82, 2.24) is 4.98 Å². The van der Waals surface area contributed by atoms with Crippen LogP contribution in [0.3, 0.4) is 0 Å². The average Bonchev–Trinajstić information content (AvgIpc) is 2.76. The number of ketones is 1. The molecule has 2 heterocycles. The van der Waals surface area contributed by atoms with Gasteiger partial charge in [0.1, 0.15) is 0 Å². The van der Waals surface area contributed by atoms with Gasteiger partial charge in [0.25, 0.3) is 0 Å². The summed E-state index contributed by atoms with van der Waals surface area (Å²) in [6, 6.07) is 3.49. The second kappa shape index (κ2) is 3.31. The molecule has 2 rings (SSSR count). The summed E-state index contributed by atoms with van der Waals surface area (Å²) in [4.78, 5) is 16.3. The predicted molar refractivity (Wildman–Crippen MR) is 57.7 cm³/mol. The Bertz CT molecular complexity index is 437. The molecule has 0 unspecified atom stereocenters. The van der Waals surface area contributed by atoms with Gasteiger partial charge in [0.2, 0.25) is 5.78 Å². The minimum Gasteiger partial charge on any atom is -0.398 e. The Morgan fingerprint density at radius 1 is 1.57 bits per heavy atom. The molecule has 2 aromatic rings. The third kappa shape index (κ3) is 1.44. The number of aromatic amines is 1. The predicted octanol–water partition coefficient (Wildman–Crippen LogP) is 2.20. The van der Waals surface area contributed by atoms with Crippen LogP contribution in [-0.2, 0) is 0 Å². The highest BCUT2D eigenvalue weighted by molar-refractivity contribution is 7.14. The molecule has 0 radical (unpaired) electrons. The summed E-state index contributed by atoms with van der Waals surface area (Å²) in [5.74, 6) is 0.0241. The molecule has 0 aliphatic heterocycles. The molecule has 4 heteroatoms. The molecule has 0 amide bonds. The first kappa shape index (κ1) is 9.02. The Labute approximate surface area is 85.6 Å². The van der Waals surface area contributed by atoms with Crippen molar-refractivity contribution in [3.8, 4) is 0 Å². The van der Waals surface area contributed by atoms with Crippen LogP contribution in [0.4, 0.5) is 5.69 Å². The van der Waals surface area contributed by atoms with Crippen molar-refractivity contribution in [2.45, 2.75) is 6.92 Å². The smallest absolute Gasteiger partial charge is 0.204 e. The Kier molecular flexibility index (Phi) is 2.13. The Balaban J connectivity index is 2.37. The molecular weight excluding hydrogens is 196 g/mol. The third-order valence-corrected chi connectivity index (χ3v) is 3.11. The van der Waals surface area contributed by atoms with E-state index in [4.69, 9.17) is 5.73 Å². The fourth-order valence-electron chi connectivity index (χ4n) is 1.22. The van der Waals surface area contributed by atoms with Gasteiger partial charge in [0, 0.05) is 28.5 Å². The fourth-order valence-corrected chi connectivity index (χ4v) is 2.12. The first-order valence-corrected chi connectivity index (χ1v) is 5.03. The topological polar surface area (TPSA) is 58.9 Å². The van der Waals surface area contributed by atoms with Crippen molar-refractivity contribution in [1.29, 1.82) is 0 Å². The van der Waals surface area contributed by atoms with Crippen LogP contribution in [-0.4, -0.2) is 10.8 Å². The van der Waals surface area contributed by atoms with Crippen molar-refractivity contribution < 1.29 is 4.79 Å². The number of rotatable bonds is 2. The van der Waals surface area contributed by atoms with Crippen molar-refractivity contribution in [3.63, 3.8) is 0 Å². The second-order valence-electron chi connectivity index (χ2n) is 3.05. The van der Waals surface area contributed by atoms with Crippen LogP contribution in [0, 0.1) is 6.92 Å². The maximum absolute atomic E-state index is 11.8. The number of hydrogen-bond donors (Lipinski definition) is 2. The molecule has 0 aliphatic carbocycles. The summed E-state index contributed by atoms with van der Waals surface area (Å²) in [7, 11) is 0. The van der Waals surface area contributed by atoms with E-state index in [2.05, 4.69) is 4.98 Å². The lowest BCUT2D eigenvalue weighted by Crippen LogP contribution is -1.95. The van der Waals surface area contributed by atoms with Gasteiger partial charge in [0.05, 0.1) is 4.88 Å². The molecule has 3 nitrogen and oxygen atoms in total. The van der Waals surface area contributed by atoms with E-state index in [1.54, 1.807) is 24.5 Å². The number of aromatic nitrogens is 1. The minimum absolute atomic E-state index is 0.0241. The molecule has 14 heavy (non-hydrogen) atoms. The van der Waals surface area contributed by atoms with E-state index in [9.17, 15) is 4.79 Å². The number of carbonyl (C=O) groups is 1. The van der Waals surface area contributed by atoms with E-state index < -0.39 is 0 Å². The van der Waals surface area contributed by atoms with E-state index in [1.807, 2.05) is 6.92 Å². The zero-order valence-corrected chi connectivity index (χ0v) is 8.52. The molecule has 0 saturated carbocycles. The average molecular weight is 206 g/mol. The van der Waals surface area contributed by atoms with Crippen LogP contribution in [0.15, 0.2) is 24.5 Å². The number of carbonyl (C=O) groups excluding carboxylic acids is 1. The van der Waals surface area contributed by atoms with E-state index >= 15 is 0 Å². The highest BCUT2D eigenvalue weighted by atomic mass is 32.1. The van der Waals surface area contributed by atoms with E-state index in [0.717, 1.165) is 4.88 Å². The van der Waals surface area contributed by atoms with Gasteiger partial charge in [-0.3, -0.25) is 4.79 Å². The number of anilines is 1. The normalized spacial score (nSPS) is 10.4. The highest BCUT2D eigenvalue weighted by Crippen LogP contribution is 2.25. The SMILES string of the molecule is Cc1sc(C(=O)c2cc[nH]c2)cc1N. The standard InChI is InChI=1S/C10H10N2OS/c1-6-8(11)4-9(14-6)10(13)7-2-3-12-5-7/h2-5,12H,11H2,1H3. The van der Waals surface area contributed by atoms with Crippen molar-refractivity contribution in [3.05, 3.63) is 39.8 Å². The molecule has 3 N–H and O–H groups in total. The first-order chi connectivity index (χ1) is 6.68. The lowest BCUT2D eigenvalue weighted by molar-refractivity contribution is 0.104. The Morgan fingerprint density at radius 2 is 2.36 bits per heavy atom. The van der Waals surface area contributed by atoms with Gasteiger partial charge in [-0.2, -0.15) is 0 Å². The summed E-state index contributed by atoms with van der Waals surface area (Å²) >= 11 is 1.43. The number of H-pyrrole nitrogens is 1. The maximum atomic E-state index is 11.8. The van der Waals surface area contributed by atoms with Crippen LogP contribution >= 0.6 is 11.3 Å². The summed E-state index contributed by atoms with van der Waals surface area (Å²) < 4.78 is 0. The molecule has 0 atom stereocenters. The van der Waals surface area contributed by atoms with Crippen molar-refractivity contribution >= 4 is 22.8 Å². The third-order valence-electron chi connectivity index (χ3n) is 2.04. The lowest BCUT2D eigenvalue weighted by Gasteiger charge is -1.90. The van der Waals surface area contributed by atoms with Crippen molar-refractivity contribution in [2.24, 2.45) is 0 Å². The number of thiophene rings is 1. The van der Waals surface area contributed by atoms with Crippen LogP contribution in [0.25, 0.3) is 0 Å². The zero-order chi connectivity index (χ0) is 10.1. The van der Waals surface area contributed by atoms with Crippen molar-refractivity contribution in [2.75, 3.05) is 5.73 Å². The summed E-state index contributed by atoms with van der Waals surface area (Å²) in [6.07, 6.45) is 3.42. The van der Waals surface area contributed by atoms with Gasteiger partial charge in [0.15, 0.2) is 0 Å². The van der Waals surface area contributed by atoms with Crippen LogP contribution in [0.2, 0.25) is 0 Å². The van der Waals surface area contributed by atoms with Crippen LogP contribution in [0.5, 0.6) is 0 Å². The van der Waals surface area contributed by atoms with Gasteiger partial charge < -0.3 is 10.7 Å². The molecule has 2 aromatic heterocycles. The summed E-state index contributed by atoms with van der Waals surface area (Å²) in [5.41, 5.74) is 7.04. The monoisotopic (exact) mass is 206 g/mol. The van der Waals surface area contributed by atoms with E-state index in [-0.39, 0.29) is 5.78 Å². The number of aryl methyl sites for hydroxylation is 1. The second-order valence-corrected chi connectivity index (χ2v) is 4.31. The Morgan fingerprint density at radius 3 is 2.86 bits per heavy atom. The van der Waals surface area contributed by atoms with Gasteiger partial charge in [-0.05, 0) is 19.1 Å². The van der Waals surface area contributed by atoms with E-state index in [1.165, 1.54) is 11.3 Å². The zero-order valence-electron chi connectivity index (χ0n) is 7.70. The molecule has 0 aromatic carbocycles. The highest BCUT2D eigenvalue weighted by Gasteiger charge is 2.12. The fraction of sp³-hybridized carbons (Fsp3) is 0.100. The molecule has 0 aliphatic rings. The van der Waals surface area contributed by atoms with Gasteiger partial charge >= 0.3 is 0 Å². The lowest BCUT2D eigenvalue weighted by atomic mass is 10.2. The molecule has 0 saturated heterocycles. The number of hydrogen-bond acceptors (Lipinski definition) is 3. The molecular formula is C10H10N2OS. The largest absolute Gasteiger partial charge is 0.398 e. The number of nitrogen functional groups attached to an aromatic ring is 1. The quantitative estimate of drug-likeness (QED) is 0.740. The summed E-state index contributed by atoms with van der Waals surface area (Å²) in [6.45, 7) is 1.91. The van der Waals surface area contributed by atoms with Gasteiger partial charge in [-0.15, -0.1) is 11.3 Å². The molecule has 0 spiro atoms.